The molecule has 2 unspecified atom stereocenters. The van der Waals surface area contributed by atoms with E-state index in [4.69, 9.17) is 19.7 Å². The molecule has 2 aliphatic rings. The van der Waals surface area contributed by atoms with Crippen LogP contribution in [0.5, 0.6) is 11.5 Å². The molecule has 240 valence electrons. The first-order valence-electron chi connectivity index (χ1n) is 16.1. The number of carboxylic acids is 2. The van der Waals surface area contributed by atoms with E-state index >= 15 is 0 Å². The second kappa shape index (κ2) is 12.2. The summed E-state index contributed by atoms with van der Waals surface area (Å²) in [6, 6.07) is 39.9. The number of fused-ring (bicyclic) bond motifs is 4. The van der Waals surface area contributed by atoms with Gasteiger partial charge in [0.2, 0.25) is 0 Å². The van der Waals surface area contributed by atoms with Crippen LogP contribution in [0.4, 0.5) is 0 Å². The van der Waals surface area contributed by atoms with Crippen molar-refractivity contribution in [2.45, 2.75) is 37.5 Å². The average Bonchev–Trinajstić information content (AvgIpc) is 3.60. The number of carbonyl (C=O) groups is 2. The maximum atomic E-state index is 11.1. The molecule has 0 saturated carbocycles. The summed E-state index contributed by atoms with van der Waals surface area (Å²) in [5.74, 6) is -0.469. The Labute approximate surface area is 279 Å². The first-order chi connectivity index (χ1) is 23.1. The van der Waals surface area contributed by atoms with E-state index in [2.05, 4.69) is 98.8 Å². The molecule has 2 aliphatic heterocycles. The molecule has 0 spiro atoms. The molecule has 0 saturated heterocycles. The van der Waals surface area contributed by atoms with Gasteiger partial charge in [-0.1, -0.05) is 111 Å². The van der Waals surface area contributed by atoms with Gasteiger partial charge in [0, 0.05) is 22.0 Å². The minimum Gasteiger partial charge on any atom is -0.492 e. The van der Waals surface area contributed by atoms with Crippen LogP contribution in [-0.4, -0.2) is 35.4 Å². The number of rotatable bonds is 6. The predicted octanol–water partition coefficient (Wildman–Crippen LogP) is 8.86. The highest BCUT2D eigenvalue weighted by atomic mass is 16.5. The normalized spacial score (nSPS) is 19.0. The predicted molar refractivity (Wildman–Crippen MR) is 188 cm³/mol. The van der Waals surface area contributed by atoms with Gasteiger partial charge in [-0.3, -0.25) is 0 Å². The minimum atomic E-state index is -0.927. The van der Waals surface area contributed by atoms with Gasteiger partial charge in [-0.15, -0.1) is 0 Å². The van der Waals surface area contributed by atoms with Crippen molar-refractivity contribution in [2.24, 2.45) is 0 Å². The zero-order valence-corrected chi connectivity index (χ0v) is 26.9. The Kier molecular flexibility index (Phi) is 7.88. The number of carboxylic acid groups (broad SMARTS) is 2. The largest absolute Gasteiger partial charge is 0.492 e. The van der Waals surface area contributed by atoms with E-state index in [1.807, 2.05) is 12.1 Å². The molecule has 0 fully saturated rings. The molecule has 0 aliphatic carbocycles. The zero-order chi connectivity index (χ0) is 33.5. The summed E-state index contributed by atoms with van der Waals surface area (Å²) in [5, 5.41) is 23.3. The fourth-order valence-corrected chi connectivity index (χ4v) is 7.20. The van der Waals surface area contributed by atoms with Gasteiger partial charge in [0.05, 0.1) is 24.3 Å². The van der Waals surface area contributed by atoms with Crippen molar-refractivity contribution in [1.82, 2.24) is 0 Å². The second-order valence-electron chi connectivity index (χ2n) is 13.4. The molecule has 6 aromatic carbocycles. The lowest BCUT2D eigenvalue weighted by Crippen LogP contribution is -2.26. The van der Waals surface area contributed by atoms with Crippen molar-refractivity contribution in [3.05, 3.63) is 155 Å². The summed E-state index contributed by atoms with van der Waals surface area (Å²) in [7, 11) is 0. The molecule has 0 aromatic heterocycles. The van der Waals surface area contributed by atoms with Crippen LogP contribution in [-0.2, 0) is 23.7 Å². The van der Waals surface area contributed by atoms with Crippen molar-refractivity contribution in [2.75, 3.05) is 13.2 Å². The van der Waals surface area contributed by atoms with Crippen LogP contribution in [0.15, 0.2) is 121 Å². The lowest BCUT2D eigenvalue weighted by atomic mass is 9.78. The Morgan fingerprint density at radius 3 is 1.38 bits per heavy atom. The van der Waals surface area contributed by atoms with Crippen molar-refractivity contribution in [3.63, 3.8) is 0 Å². The van der Waals surface area contributed by atoms with E-state index in [0.29, 0.717) is 24.7 Å². The molecule has 0 amide bonds. The van der Waals surface area contributed by atoms with Crippen LogP contribution >= 0.6 is 0 Å². The highest BCUT2D eigenvalue weighted by Crippen LogP contribution is 2.43. The minimum absolute atomic E-state index is 0.156. The lowest BCUT2D eigenvalue weighted by molar-refractivity contribution is 0.0685. The van der Waals surface area contributed by atoms with Crippen molar-refractivity contribution < 1.29 is 29.3 Å². The van der Waals surface area contributed by atoms with E-state index < -0.39 is 11.9 Å². The van der Waals surface area contributed by atoms with E-state index in [-0.39, 0.29) is 22.0 Å². The van der Waals surface area contributed by atoms with Gasteiger partial charge in [0.25, 0.3) is 0 Å². The molecule has 8 rings (SSSR count). The third-order valence-corrected chi connectivity index (χ3v) is 9.77. The summed E-state index contributed by atoms with van der Waals surface area (Å²) in [5.41, 5.74) is 4.96. The average molecular weight is 637 g/mol. The Morgan fingerprint density at radius 2 is 0.958 bits per heavy atom. The molecule has 0 radical (unpaired) electrons. The van der Waals surface area contributed by atoms with Crippen LogP contribution in [0.3, 0.4) is 0 Å². The highest BCUT2D eigenvalue weighted by Gasteiger charge is 2.38. The Hall–Kier alpha value is -5.62. The Morgan fingerprint density at radius 1 is 0.562 bits per heavy atom. The molecule has 6 nitrogen and oxygen atoms in total. The summed E-state index contributed by atoms with van der Waals surface area (Å²) < 4.78 is 11.7. The maximum absolute atomic E-state index is 11.1. The van der Waals surface area contributed by atoms with Gasteiger partial charge in [-0.05, 0) is 69.8 Å². The number of ether oxygens (including phenoxy) is 2. The van der Waals surface area contributed by atoms with Crippen LogP contribution in [0.2, 0.25) is 0 Å². The van der Waals surface area contributed by atoms with Gasteiger partial charge in [0.15, 0.2) is 0 Å². The fourth-order valence-electron chi connectivity index (χ4n) is 7.20. The third-order valence-electron chi connectivity index (χ3n) is 9.77. The zero-order valence-electron chi connectivity index (χ0n) is 26.9. The summed E-state index contributed by atoms with van der Waals surface area (Å²) in [4.78, 5) is 22.3. The molecule has 2 N–H and O–H groups in total. The molecular weight excluding hydrogens is 600 g/mol. The summed E-state index contributed by atoms with van der Waals surface area (Å²) in [6.07, 6.45) is 1.71. The third kappa shape index (κ3) is 5.75. The molecule has 6 heteroatoms. The van der Waals surface area contributed by atoms with Crippen LogP contribution in [0.1, 0.15) is 56.8 Å². The maximum Gasteiger partial charge on any atom is 0.335 e. The van der Waals surface area contributed by atoms with Crippen LogP contribution in [0.25, 0.3) is 21.5 Å². The SMILES string of the molecule is CC1(Cc2cccc3ccccc23)COc2cc(C(=O)O)ccc21.CC1(Cc2cccc3ccccc23)COc2cc(C(=O)O)ccc21. The van der Waals surface area contributed by atoms with Gasteiger partial charge in [-0.2, -0.15) is 0 Å². The molecule has 2 heterocycles. The summed E-state index contributed by atoms with van der Waals surface area (Å²) >= 11 is 0. The Bertz CT molecular complexity index is 2040. The van der Waals surface area contributed by atoms with E-state index in [1.54, 1.807) is 24.3 Å². The molecule has 48 heavy (non-hydrogen) atoms. The quantitative estimate of drug-likeness (QED) is 0.190. The topological polar surface area (TPSA) is 93.1 Å². The molecular formula is C42H36O6. The smallest absolute Gasteiger partial charge is 0.335 e. The van der Waals surface area contributed by atoms with Gasteiger partial charge < -0.3 is 19.7 Å². The van der Waals surface area contributed by atoms with Gasteiger partial charge in [0.1, 0.15) is 11.5 Å². The standard InChI is InChI=1S/2C21H18O3/c2*1-21(12-16-7-4-6-14-5-2-3-8-17(14)16)13-24-19-11-15(20(22)23)9-10-18(19)21/h2*2-11H,12-13H2,1H3,(H,22,23). The van der Waals surface area contributed by atoms with Crippen LogP contribution < -0.4 is 9.47 Å². The van der Waals surface area contributed by atoms with E-state index in [9.17, 15) is 9.59 Å². The molecule has 2 atom stereocenters. The first-order valence-corrected chi connectivity index (χ1v) is 16.1. The second-order valence-corrected chi connectivity index (χ2v) is 13.4. The van der Waals surface area contributed by atoms with Crippen molar-refractivity contribution >= 4 is 33.5 Å². The number of hydrogen-bond donors (Lipinski definition) is 2. The highest BCUT2D eigenvalue weighted by molar-refractivity contribution is 5.89. The molecule has 0 bridgehead atoms. The lowest BCUT2D eigenvalue weighted by Gasteiger charge is -2.23. The number of hydrogen-bond acceptors (Lipinski definition) is 4. The number of aromatic carboxylic acids is 2. The van der Waals surface area contributed by atoms with Crippen molar-refractivity contribution in [1.29, 1.82) is 0 Å². The van der Waals surface area contributed by atoms with Gasteiger partial charge in [-0.25, -0.2) is 9.59 Å². The molecule has 6 aromatic rings. The fraction of sp³-hybridized carbons (Fsp3) is 0.190. The van der Waals surface area contributed by atoms with E-state index in [1.165, 1.54) is 32.7 Å². The monoisotopic (exact) mass is 636 g/mol. The van der Waals surface area contributed by atoms with E-state index in [0.717, 1.165) is 24.0 Å². The Balaban J connectivity index is 0.000000152. The summed E-state index contributed by atoms with van der Waals surface area (Å²) in [6.45, 7) is 5.49. The van der Waals surface area contributed by atoms with Crippen LogP contribution in [0, 0.1) is 0 Å². The number of benzene rings is 6. The van der Waals surface area contributed by atoms with Gasteiger partial charge >= 0.3 is 11.9 Å². The first kappa shape index (κ1) is 31.0. The van der Waals surface area contributed by atoms with Crippen molar-refractivity contribution in [3.8, 4) is 11.5 Å².